The van der Waals surface area contributed by atoms with E-state index in [1.807, 2.05) is 39.9 Å². The van der Waals surface area contributed by atoms with E-state index in [1.54, 1.807) is 32.4 Å². The van der Waals surface area contributed by atoms with Gasteiger partial charge in [0.1, 0.15) is 17.1 Å². The van der Waals surface area contributed by atoms with Gasteiger partial charge in [0.25, 0.3) is 0 Å². The summed E-state index contributed by atoms with van der Waals surface area (Å²) in [6.45, 7) is 0.503. The molecule has 7 nitrogen and oxygen atoms in total. The molecule has 0 aliphatic heterocycles. The summed E-state index contributed by atoms with van der Waals surface area (Å²) < 4.78 is 12.6. The van der Waals surface area contributed by atoms with Crippen molar-refractivity contribution < 1.29 is 14.3 Å². The number of fused-ring (bicyclic) bond motifs is 1. The first-order valence-corrected chi connectivity index (χ1v) is 8.89. The van der Waals surface area contributed by atoms with E-state index in [4.69, 9.17) is 9.47 Å². The van der Waals surface area contributed by atoms with Gasteiger partial charge in [0.15, 0.2) is 0 Å². The molecule has 27 heavy (non-hydrogen) atoms. The SMILES string of the molecule is COc1cc(NC(=O)N(Cc2cnc3ccccn23)C2CC2)cc(OC)c1. The Morgan fingerprint density at radius 3 is 2.63 bits per heavy atom. The van der Waals surface area contributed by atoms with Crippen LogP contribution in [0.3, 0.4) is 0 Å². The summed E-state index contributed by atoms with van der Waals surface area (Å²) in [5.41, 5.74) is 2.50. The summed E-state index contributed by atoms with van der Waals surface area (Å²) in [5.74, 6) is 1.26. The maximum Gasteiger partial charge on any atom is 0.322 e. The van der Waals surface area contributed by atoms with Crippen LogP contribution in [0, 0.1) is 0 Å². The van der Waals surface area contributed by atoms with Crippen molar-refractivity contribution in [3.05, 3.63) is 54.5 Å². The first-order chi connectivity index (χ1) is 13.2. The van der Waals surface area contributed by atoms with Gasteiger partial charge in [-0.1, -0.05) is 6.07 Å². The summed E-state index contributed by atoms with van der Waals surface area (Å²) >= 11 is 0. The Bertz CT molecular complexity index is 943. The number of pyridine rings is 1. The number of amides is 2. The molecule has 7 heteroatoms. The number of aromatic nitrogens is 2. The number of anilines is 1. The second-order valence-corrected chi connectivity index (χ2v) is 6.57. The Morgan fingerprint density at radius 1 is 1.22 bits per heavy atom. The van der Waals surface area contributed by atoms with E-state index in [1.165, 1.54) is 0 Å². The molecule has 1 aliphatic carbocycles. The van der Waals surface area contributed by atoms with Crippen LogP contribution >= 0.6 is 0 Å². The topological polar surface area (TPSA) is 68.1 Å². The van der Waals surface area contributed by atoms with Gasteiger partial charge in [-0.15, -0.1) is 0 Å². The Balaban J connectivity index is 1.55. The lowest BCUT2D eigenvalue weighted by Crippen LogP contribution is -2.36. The van der Waals surface area contributed by atoms with Crippen molar-refractivity contribution in [2.75, 3.05) is 19.5 Å². The van der Waals surface area contributed by atoms with Crippen LogP contribution in [-0.4, -0.2) is 40.6 Å². The van der Waals surface area contributed by atoms with Crippen LogP contribution in [0.1, 0.15) is 18.5 Å². The number of benzene rings is 1. The van der Waals surface area contributed by atoms with E-state index in [0.717, 1.165) is 24.2 Å². The fourth-order valence-electron chi connectivity index (χ4n) is 3.10. The summed E-state index contributed by atoms with van der Waals surface area (Å²) in [7, 11) is 3.17. The minimum absolute atomic E-state index is 0.140. The summed E-state index contributed by atoms with van der Waals surface area (Å²) in [6.07, 6.45) is 5.83. The number of nitrogens with zero attached hydrogens (tertiary/aromatic N) is 3. The summed E-state index contributed by atoms with van der Waals surface area (Å²) in [6, 6.07) is 11.3. The molecule has 1 N–H and O–H groups in total. The van der Waals surface area contributed by atoms with Gasteiger partial charge in [0.2, 0.25) is 0 Å². The van der Waals surface area contributed by atoms with Gasteiger partial charge < -0.3 is 24.1 Å². The first kappa shape index (κ1) is 17.2. The van der Waals surface area contributed by atoms with Gasteiger partial charge in [-0.3, -0.25) is 0 Å². The molecule has 1 fully saturated rings. The zero-order chi connectivity index (χ0) is 18.8. The quantitative estimate of drug-likeness (QED) is 0.724. The minimum Gasteiger partial charge on any atom is -0.497 e. The zero-order valence-corrected chi connectivity index (χ0v) is 15.4. The molecule has 0 spiro atoms. The Labute approximate surface area is 157 Å². The Hall–Kier alpha value is -3.22. The fraction of sp³-hybridized carbons (Fsp3) is 0.300. The van der Waals surface area contributed by atoms with E-state index in [2.05, 4.69) is 10.3 Å². The highest BCUT2D eigenvalue weighted by molar-refractivity contribution is 5.90. The number of methoxy groups -OCH3 is 2. The van der Waals surface area contributed by atoms with Crippen LogP contribution in [-0.2, 0) is 6.54 Å². The lowest BCUT2D eigenvalue weighted by Gasteiger charge is -2.23. The van der Waals surface area contributed by atoms with Gasteiger partial charge in [-0.2, -0.15) is 0 Å². The number of hydrogen-bond donors (Lipinski definition) is 1. The average Bonchev–Trinajstić information content (AvgIpc) is 3.45. The number of carbonyl (C=O) groups excluding carboxylic acids is 1. The lowest BCUT2D eigenvalue weighted by molar-refractivity contribution is 0.205. The molecule has 140 valence electrons. The zero-order valence-electron chi connectivity index (χ0n) is 15.4. The lowest BCUT2D eigenvalue weighted by atomic mass is 10.2. The number of imidazole rings is 1. The summed E-state index contributed by atoms with van der Waals surface area (Å²) in [5, 5.41) is 2.97. The molecule has 0 radical (unpaired) electrons. The minimum atomic E-state index is -0.140. The standard InChI is InChI=1S/C20H22N4O3/c1-26-17-9-14(10-18(11-17)27-2)22-20(25)24(15-6-7-15)13-16-12-21-19-5-3-4-8-23(16)19/h3-5,8-12,15H,6-7,13H2,1-2H3,(H,22,25). The maximum atomic E-state index is 13.0. The molecule has 1 saturated carbocycles. The molecule has 1 aliphatic rings. The highest BCUT2D eigenvalue weighted by Crippen LogP contribution is 2.30. The van der Waals surface area contributed by atoms with Gasteiger partial charge in [0, 0.05) is 36.1 Å². The molecule has 3 aromatic rings. The maximum absolute atomic E-state index is 13.0. The molecule has 0 atom stereocenters. The van der Waals surface area contributed by atoms with Crippen molar-refractivity contribution in [2.45, 2.75) is 25.4 Å². The van der Waals surface area contributed by atoms with E-state index < -0.39 is 0 Å². The predicted molar refractivity (Wildman–Crippen MR) is 102 cm³/mol. The third-order valence-electron chi connectivity index (χ3n) is 4.68. The van der Waals surface area contributed by atoms with E-state index >= 15 is 0 Å². The third-order valence-corrected chi connectivity index (χ3v) is 4.68. The molecular formula is C20H22N4O3. The van der Waals surface area contributed by atoms with Gasteiger partial charge >= 0.3 is 6.03 Å². The highest BCUT2D eigenvalue weighted by Gasteiger charge is 2.33. The van der Waals surface area contributed by atoms with Crippen LogP contribution in [0.15, 0.2) is 48.8 Å². The second-order valence-electron chi connectivity index (χ2n) is 6.57. The predicted octanol–water partition coefficient (Wildman–Crippen LogP) is 3.55. The van der Waals surface area contributed by atoms with Gasteiger partial charge in [0.05, 0.1) is 32.7 Å². The molecule has 0 saturated heterocycles. The van der Waals surface area contributed by atoms with Crippen molar-refractivity contribution in [1.29, 1.82) is 0 Å². The Morgan fingerprint density at radius 2 is 1.96 bits per heavy atom. The van der Waals surface area contributed by atoms with Crippen LogP contribution in [0.2, 0.25) is 0 Å². The molecule has 2 aromatic heterocycles. The van der Waals surface area contributed by atoms with Crippen molar-refractivity contribution in [1.82, 2.24) is 14.3 Å². The normalized spacial score (nSPS) is 13.4. The molecule has 0 unspecified atom stereocenters. The molecule has 4 rings (SSSR count). The smallest absolute Gasteiger partial charge is 0.322 e. The van der Waals surface area contributed by atoms with Crippen molar-refractivity contribution in [2.24, 2.45) is 0 Å². The monoisotopic (exact) mass is 366 g/mol. The van der Waals surface area contributed by atoms with Crippen molar-refractivity contribution in [3.8, 4) is 11.5 Å². The molecule has 0 bridgehead atoms. The second kappa shape index (κ2) is 7.19. The van der Waals surface area contributed by atoms with Crippen LogP contribution in [0.25, 0.3) is 5.65 Å². The van der Waals surface area contributed by atoms with E-state index in [0.29, 0.717) is 23.7 Å². The van der Waals surface area contributed by atoms with Crippen LogP contribution < -0.4 is 14.8 Å². The van der Waals surface area contributed by atoms with Crippen LogP contribution in [0.5, 0.6) is 11.5 Å². The van der Waals surface area contributed by atoms with E-state index in [9.17, 15) is 4.79 Å². The highest BCUT2D eigenvalue weighted by atomic mass is 16.5. The number of nitrogens with one attached hydrogen (secondary N) is 1. The third kappa shape index (κ3) is 3.67. The number of ether oxygens (including phenoxy) is 2. The number of rotatable bonds is 6. The van der Waals surface area contributed by atoms with E-state index in [-0.39, 0.29) is 12.1 Å². The largest absolute Gasteiger partial charge is 0.497 e. The number of urea groups is 1. The number of carbonyl (C=O) groups is 1. The molecule has 1 aromatic carbocycles. The van der Waals surface area contributed by atoms with Gasteiger partial charge in [-0.05, 0) is 25.0 Å². The van der Waals surface area contributed by atoms with Gasteiger partial charge in [-0.25, -0.2) is 9.78 Å². The van der Waals surface area contributed by atoms with Crippen LogP contribution in [0.4, 0.5) is 10.5 Å². The summed E-state index contributed by atoms with van der Waals surface area (Å²) in [4.78, 5) is 19.2. The molecular weight excluding hydrogens is 344 g/mol. The molecule has 2 amide bonds. The van der Waals surface area contributed by atoms with Crippen molar-refractivity contribution >= 4 is 17.4 Å². The van der Waals surface area contributed by atoms with Crippen molar-refractivity contribution in [3.63, 3.8) is 0 Å². The fourth-order valence-corrected chi connectivity index (χ4v) is 3.10. The average molecular weight is 366 g/mol. The first-order valence-electron chi connectivity index (χ1n) is 8.89. The Kier molecular flexibility index (Phi) is 4.58. The molecule has 2 heterocycles. The number of hydrogen-bond acceptors (Lipinski definition) is 4.